The Morgan fingerprint density at radius 1 is 0.903 bits per heavy atom. The first-order chi connectivity index (χ1) is 15.2. The summed E-state index contributed by atoms with van der Waals surface area (Å²) < 4.78 is 13.4. The highest BCUT2D eigenvalue weighted by Crippen LogP contribution is 2.34. The van der Waals surface area contributed by atoms with Gasteiger partial charge < -0.3 is 19.1 Å². The van der Waals surface area contributed by atoms with Crippen LogP contribution in [0.15, 0.2) is 53.3 Å². The van der Waals surface area contributed by atoms with Gasteiger partial charge in [0.2, 0.25) is 5.75 Å². The number of hydrogen-bond donors (Lipinski definition) is 1. The molecule has 0 bridgehead atoms. The Balaban J connectivity index is 1.97. The number of ether oxygens (including phenoxy) is 2. The summed E-state index contributed by atoms with van der Waals surface area (Å²) in [6.45, 7) is 5.72. The lowest BCUT2D eigenvalue weighted by Gasteiger charge is -2.17. The summed E-state index contributed by atoms with van der Waals surface area (Å²) in [5.74, 6) is 0.604. The van der Waals surface area contributed by atoms with Gasteiger partial charge in [-0.3, -0.25) is 4.79 Å². The molecule has 0 fully saturated rings. The van der Waals surface area contributed by atoms with E-state index in [1.807, 2.05) is 48.5 Å². The van der Waals surface area contributed by atoms with Gasteiger partial charge in [-0.15, -0.1) is 0 Å². The molecule has 2 aromatic carbocycles. The molecule has 0 saturated heterocycles. The number of aromatic nitrogens is 1. The first kappa shape index (κ1) is 22.7. The monoisotopic (exact) mass is 423 g/mol. The molecular formula is C26H33NO4. The molecule has 0 amide bonds. The van der Waals surface area contributed by atoms with Gasteiger partial charge in [0.15, 0.2) is 5.75 Å². The minimum atomic E-state index is -0.303. The average molecular weight is 424 g/mol. The van der Waals surface area contributed by atoms with Crippen LogP contribution in [0.25, 0.3) is 10.9 Å². The molecule has 3 rings (SSSR count). The van der Waals surface area contributed by atoms with E-state index >= 15 is 0 Å². The van der Waals surface area contributed by atoms with Crippen molar-refractivity contribution in [2.45, 2.75) is 65.5 Å². The van der Waals surface area contributed by atoms with Crippen LogP contribution in [0.3, 0.4) is 0 Å². The number of aryl methyl sites for hydroxylation is 1. The topological polar surface area (TPSA) is 60.7 Å². The van der Waals surface area contributed by atoms with Crippen LogP contribution in [0.1, 0.15) is 57.9 Å². The molecule has 0 unspecified atom stereocenters. The Morgan fingerprint density at radius 2 is 1.68 bits per heavy atom. The van der Waals surface area contributed by atoms with Crippen LogP contribution in [0.2, 0.25) is 0 Å². The van der Waals surface area contributed by atoms with Crippen LogP contribution in [0, 0.1) is 0 Å². The molecule has 0 aliphatic carbocycles. The number of rotatable bonds is 12. The van der Waals surface area contributed by atoms with Crippen LogP contribution < -0.4 is 15.0 Å². The number of fused-ring (bicyclic) bond motifs is 1. The van der Waals surface area contributed by atoms with Gasteiger partial charge >= 0.3 is 0 Å². The number of benzene rings is 2. The van der Waals surface area contributed by atoms with Crippen LogP contribution in [0.5, 0.6) is 17.2 Å². The fourth-order valence-corrected chi connectivity index (χ4v) is 3.59. The van der Waals surface area contributed by atoms with E-state index in [0.29, 0.717) is 29.8 Å². The third-order valence-electron chi connectivity index (χ3n) is 5.40. The molecule has 5 nitrogen and oxygen atoms in total. The lowest BCUT2D eigenvalue weighted by atomic mass is 10.1. The molecule has 5 heteroatoms. The van der Waals surface area contributed by atoms with Gasteiger partial charge in [-0.25, -0.2) is 0 Å². The average Bonchev–Trinajstić information content (AvgIpc) is 2.79. The zero-order valence-electron chi connectivity index (χ0n) is 18.6. The summed E-state index contributed by atoms with van der Waals surface area (Å²) >= 11 is 0. The third kappa shape index (κ3) is 5.81. The maximum atomic E-state index is 13.3. The van der Waals surface area contributed by atoms with Crippen LogP contribution >= 0.6 is 0 Å². The lowest BCUT2D eigenvalue weighted by Crippen LogP contribution is -2.23. The van der Waals surface area contributed by atoms with Crippen molar-refractivity contribution in [3.05, 3.63) is 64.4 Å². The molecule has 0 aliphatic rings. The zero-order chi connectivity index (χ0) is 22.1. The first-order valence-electron chi connectivity index (χ1n) is 11.3. The molecule has 1 heterocycles. The summed E-state index contributed by atoms with van der Waals surface area (Å²) in [7, 11) is 0. The van der Waals surface area contributed by atoms with Crippen molar-refractivity contribution in [2.24, 2.45) is 0 Å². The Hall–Kier alpha value is -2.95. The Kier molecular flexibility index (Phi) is 8.39. The van der Waals surface area contributed by atoms with Crippen molar-refractivity contribution in [3.63, 3.8) is 0 Å². The highest BCUT2D eigenvalue weighted by Gasteiger charge is 2.18. The summed E-state index contributed by atoms with van der Waals surface area (Å²) in [4.78, 5) is 13.3. The summed E-state index contributed by atoms with van der Waals surface area (Å²) in [6, 6.07) is 15.1. The van der Waals surface area contributed by atoms with Gasteiger partial charge in [-0.05, 0) is 30.5 Å². The van der Waals surface area contributed by atoms with Gasteiger partial charge in [-0.2, -0.15) is 0 Å². The van der Waals surface area contributed by atoms with Gasteiger partial charge in [0.1, 0.15) is 12.4 Å². The van der Waals surface area contributed by atoms with E-state index in [1.165, 1.54) is 0 Å². The number of nitrogens with zero attached hydrogens (tertiary/aromatic N) is 1. The molecule has 1 aromatic heterocycles. The predicted octanol–water partition coefficient (Wildman–Crippen LogP) is 6.05. The van der Waals surface area contributed by atoms with E-state index < -0.39 is 0 Å². The molecule has 0 spiro atoms. The molecule has 0 saturated carbocycles. The highest BCUT2D eigenvalue weighted by atomic mass is 16.5. The van der Waals surface area contributed by atoms with Gasteiger partial charge in [0, 0.05) is 18.0 Å². The largest absolute Gasteiger partial charge is 0.504 e. The number of aromatic hydroxyl groups is 1. The molecule has 3 aromatic rings. The van der Waals surface area contributed by atoms with Crippen molar-refractivity contribution in [3.8, 4) is 17.2 Å². The minimum absolute atomic E-state index is 0.00601. The van der Waals surface area contributed by atoms with Gasteiger partial charge in [0.25, 0.3) is 5.56 Å². The smallest absolute Gasteiger partial charge is 0.297 e. The van der Waals surface area contributed by atoms with E-state index in [4.69, 9.17) is 9.47 Å². The first-order valence-corrected chi connectivity index (χ1v) is 11.3. The van der Waals surface area contributed by atoms with Crippen LogP contribution in [0.4, 0.5) is 0 Å². The maximum absolute atomic E-state index is 13.3. The molecule has 0 radical (unpaired) electrons. The fourth-order valence-electron chi connectivity index (χ4n) is 3.59. The van der Waals surface area contributed by atoms with E-state index in [-0.39, 0.29) is 23.7 Å². The molecule has 166 valence electrons. The van der Waals surface area contributed by atoms with Crippen molar-refractivity contribution < 1.29 is 14.6 Å². The minimum Gasteiger partial charge on any atom is -0.504 e. The molecular weight excluding hydrogens is 390 g/mol. The van der Waals surface area contributed by atoms with E-state index in [9.17, 15) is 9.90 Å². The second-order valence-electron chi connectivity index (χ2n) is 7.85. The van der Waals surface area contributed by atoms with Crippen molar-refractivity contribution in [1.82, 2.24) is 4.57 Å². The van der Waals surface area contributed by atoms with E-state index in [0.717, 1.165) is 44.1 Å². The summed E-state index contributed by atoms with van der Waals surface area (Å²) in [5, 5.41) is 11.5. The standard InChI is InChI=1S/C26H33NO4/c1-3-5-7-11-16-27-23-18-21(30-17-6-4-2)14-15-22(23)24(28)25(26(27)29)31-19-20-12-9-8-10-13-20/h8-10,12-15,18,28H,3-7,11,16-17,19H2,1-2H3. The molecule has 31 heavy (non-hydrogen) atoms. The second kappa shape index (κ2) is 11.4. The maximum Gasteiger partial charge on any atom is 0.297 e. The molecule has 1 N–H and O–H groups in total. The number of unbranched alkanes of at least 4 members (excludes halogenated alkanes) is 4. The van der Waals surface area contributed by atoms with Gasteiger partial charge in [-0.1, -0.05) is 69.9 Å². The Labute approximate surface area is 184 Å². The number of hydrogen-bond acceptors (Lipinski definition) is 4. The quantitative estimate of drug-likeness (QED) is 0.361. The van der Waals surface area contributed by atoms with Gasteiger partial charge in [0.05, 0.1) is 12.1 Å². The SMILES string of the molecule is CCCCCCn1c(=O)c(OCc2ccccc2)c(O)c2ccc(OCCCC)cc21. The Bertz CT molecular complexity index is 1030. The fraction of sp³-hybridized carbons (Fsp3) is 0.423. The van der Waals surface area contributed by atoms with E-state index in [1.54, 1.807) is 4.57 Å². The normalized spacial score (nSPS) is 11.0. The van der Waals surface area contributed by atoms with E-state index in [2.05, 4.69) is 13.8 Å². The summed E-state index contributed by atoms with van der Waals surface area (Å²) in [5.41, 5.74) is 1.32. The molecule has 0 aliphatic heterocycles. The van der Waals surface area contributed by atoms with Crippen molar-refractivity contribution in [1.29, 1.82) is 0 Å². The van der Waals surface area contributed by atoms with Crippen LogP contribution in [-0.4, -0.2) is 16.3 Å². The number of pyridine rings is 1. The zero-order valence-corrected chi connectivity index (χ0v) is 18.6. The van der Waals surface area contributed by atoms with Crippen molar-refractivity contribution >= 4 is 10.9 Å². The predicted molar refractivity (Wildman–Crippen MR) is 125 cm³/mol. The second-order valence-corrected chi connectivity index (χ2v) is 7.85. The Morgan fingerprint density at radius 3 is 2.42 bits per heavy atom. The van der Waals surface area contributed by atoms with Crippen LogP contribution in [-0.2, 0) is 13.2 Å². The highest BCUT2D eigenvalue weighted by molar-refractivity contribution is 5.88. The summed E-state index contributed by atoms with van der Waals surface area (Å²) in [6.07, 6.45) is 6.24. The molecule has 0 atom stereocenters. The lowest BCUT2D eigenvalue weighted by molar-refractivity contribution is 0.283. The third-order valence-corrected chi connectivity index (χ3v) is 5.40. The van der Waals surface area contributed by atoms with Crippen molar-refractivity contribution in [2.75, 3.05) is 6.61 Å².